The maximum absolute atomic E-state index is 13.3. The lowest BCUT2D eigenvalue weighted by atomic mass is 9.70. The first-order valence-electron chi connectivity index (χ1n) is 7.04. The number of amides is 1. The predicted octanol–water partition coefficient (Wildman–Crippen LogP) is 1.42. The number of carbonyl (C=O) groups is 1. The zero-order chi connectivity index (χ0) is 14.3. The van der Waals surface area contributed by atoms with E-state index in [2.05, 4.69) is 0 Å². The molecule has 1 aliphatic heterocycles. The van der Waals surface area contributed by atoms with Gasteiger partial charge in [0, 0.05) is 11.7 Å². The average Bonchev–Trinajstić information content (AvgIpc) is 2.64. The van der Waals surface area contributed by atoms with Gasteiger partial charge >= 0.3 is 0 Å². The van der Waals surface area contributed by atoms with Crippen molar-refractivity contribution < 1.29 is 14.3 Å². The third kappa shape index (κ3) is 2.01. The Balaban J connectivity index is 1.92. The summed E-state index contributed by atoms with van der Waals surface area (Å²) >= 11 is 0. The van der Waals surface area contributed by atoms with Crippen molar-refractivity contribution in [3.05, 3.63) is 30.1 Å². The van der Waals surface area contributed by atoms with Gasteiger partial charge in [0.1, 0.15) is 5.82 Å². The second-order valence-electron chi connectivity index (χ2n) is 5.92. The quantitative estimate of drug-likeness (QED) is 0.816. The summed E-state index contributed by atoms with van der Waals surface area (Å²) in [6, 6.07) is 5.88. The Morgan fingerprint density at radius 2 is 2.25 bits per heavy atom. The first-order valence-corrected chi connectivity index (χ1v) is 7.04. The standard InChI is InChI=1S/C15H19FN2O2/c16-10-3-1-5-12(7-10)18-9-13(19)15(14(18)20)6-2-4-11(17)8-15/h1,3,5,7,11,13,19H,2,4,6,8-9,17H2. The smallest absolute Gasteiger partial charge is 0.236 e. The molecule has 0 radical (unpaired) electrons. The van der Waals surface area contributed by atoms with Crippen molar-refractivity contribution >= 4 is 11.6 Å². The molecule has 5 heteroatoms. The van der Waals surface area contributed by atoms with Crippen LogP contribution in [0.3, 0.4) is 0 Å². The molecule has 1 aromatic carbocycles. The molecule has 1 saturated carbocycles. The summed E-state index contributed by atoms with van der Waals surface area (Å²) in [7, 11) is 0. The minimum atomic E-state index is -0.774. The van der Waals surface area contributed by atoms with Gasteiger partial charge in [0.05, 0.1) is 18.1 Å². The van der Waals surface area contributed by atoms with Gasteiger partial charge in [-0.15, -0.1) is 0 Å². The molecular weight excluding hydrogens is 259 g/mol. The van der Waals surface area contributed by atoms with Crippen LogP contribution in [0.4, 0.5) is 10.1 Å². The summed E-state index contributed by atoms with van der Waals surface area (Å²) in [5.74, 6) is -0.503. The van der Waals surface area contributed by atoms with Crippen molar-refractivity contribution in [1.29, 1.82) is 0 Å². The van der Waals surface area contributed by atoms with E-state index in [-0.39, 0.29) is 24.3 Å². The number of hydrogen-bond acceptors (Lipinski definition) is 3. The normalized spacial score (nSPS) is 34.0. The highest BCUT2D eigenvalue weighted by atomic mass is 19.1. The van der Waals surface area contributed by atoms with E-state index in [0.717, 1.165) is 12.8 Å². The van der Waals surface area contributed by atoms with Crippen molar-refractivity contribution in [3.8, 4) is 0 Å². The van der Waals surface area contributed by atoms with Gasteiger partial charge in [-0.1, -0.05) is 12.5 Å². The van der Waals surface area contributed by atoms with E-state index in [9.17, 15) is 14.3 Å². The molecule has 1 heterocycles. The maximum atomic E-state index is 13.3. The molecule has 1 saturated heterocycles. The van der Waals surface area contributed by atoms with Crippen LogP contribution >= 0.6 is 0 Å². The lowest BCUT2D eigenvalue weighted by Gasteiger charge is -2.36. The molecule has 20 heavy (non-hydrogen) atoms. The topological polar surface area (TPSA) is 66.6 Å². The van der Waals surface area contributed by atoms with Crippen LogP contribution in [0, 0.1) is 11.2 Å². The van der Waals surface area contributed by atoms with Gasteiger partial charge in [-0.05, 0) is 37.5 Å². The molecule has 0 aromatic heterocycles. The number of nitrogens with zero attached hydrogens (tertiary/aromatic N) is 1. The second-order valence-corrected chi connectivity index (χ2v) is 5.92. The number of halogens is 1. The number of aliphatic hydroxyl groups excluding tert-OH is 1. The molecule has 2 aliphatic rings. The van der Waals surface area contributed by atoms with E-state index in [0.29, 0.717) is 18.5 Å². The lowest BCUT2D eigenvalue weighted by molar-refractivity contribution is -0.131. The first kappa shape index (κ1) is 13.5. The summed E-state index contributed by atoms with van der Waals surface area (Å²) in [6.45, 7) is 0.217. The lowest BCUT2D eigenvalue weighted by Crippen LogP contribution is -2.46. The number of rotatable bonds is 1. The molecule has 3 unspecified atom stereocenters. The molecule has 0 bridgehead atoms. The molecule has 4 nitrogen and oxygen atoms in total. The number of benzene rings is 1. The minimum Gasteiger partial charge on any atom is -0.390 e. The molecular formula is C15H19FN2O2. The van der Waals surface area contributed by atoms with E-state index in [1.54, 1.807) is 12.1 Å². The van der Waals surface area contributed by atoms with Crippen LogP contribution in [-0.4, -0.2) is 29.7 Å². The second kappa shape index (κ2) is 4.82. The van der Waals surface area contributed by atoms with Crippen LogP contribution in [0.25, 0.3) is 0 Å². The van der Waals surface area contributed by atoms with E-state index in [1.165, 1.54) is 17.0 Å². The fraction of sp³-hybridized carbons (Fsp3) is 0.533. The van der Waals surface area contributed by atoms with Crippen molar-refractivity contribution in [2.24, 2.45) is 11.1 Å². The highest BCUT2D eigenvalue weighted by Crippen LogP contribution is 2.45. The Hall–Kier alpha value is -1.46. The fourth-order valence-electron chi connectivity index (χ4n) is 3.56. The molecule has 3 rings (SSSR count). The summed E-state index contributed by atoms with van der Waals surface area (Å²) in [5, 5.41) is 10.4. The Bertz CT molecular complexity index is 536. The van der Waals surface area contributed by atoms with Gasteiger partial charge in [-0.3, -0.25) is 4.79 Å². The van der Waals surface area contributed by atoms with Gasteiger partial charge < -0.3 is 15.7 Å². The summed E-state index contributed by atoms with van der Waals surface area (Å²) < 4.78 is 13.3. The van der Waals surface area contributed by atoms with E-state index in [1.807, 2.05) is 0 Å². The molecule has 1 amide bonds. The van der Waals surface area contributed by atoms with E-state index in [4.69, 9.17) is 5.73 Å². The van der Waals surface area contributed by atoms with Crippen molar-refractivity contribution in [2.45, 2.75) is 37.8 Å². The number of carbonyl (C=O) groups excluding carboxylic acids is 1. The zero-order valence-corrected chi connectivity index (χ0v) is 11.3. The number of anilines is 1. The highest BCUT2D eigenvalue weighted by Gasteiger charge is 2.55. The number of hydrogen-bond donors (Lipinski definition) is 2. The molecule has 1 aromatic rings. The van der Waals surface area contributed by atoms with Gasteiger partial charge in [0.15, 0.2) is 0 Å². The van der Waals surface area contributed by atoms with Gasteiger partial charge in [0.25, 0.3) is 0 Å². The Kier molecular flexibility index (Phi) is 3.26. The van der Waals surface area contributed by atoms with Crippen LogP contribution in [-0.2, 0) is 4.79 Å². The summed E-state index contributed by atoms with van der Waals surface area (Å²) in [6.07, 6.45) is 2.18. The number of aliphatic hydroxyl groups is 1. The van der Waals surface area contributed by atoms with Gasteiger partial charge in [-0.2, -0.15) is 0 Å². The fourth-order valence-corrected chi connectivity index (χ4v) is 3.56. The van der Waals surface area contributed by atoms with Gasteiger partial charge in [0.2, 0.25) is 5.91 Å². The van der Waals surface area contributed by atoms with E-state index < -0.39 is 11.5 Å². The molecule has 2 fully saturated rings. The molecule has 108 valence electrons. The van der Waals surface area contributed by atoms with Gasteiger partial charge in [-0.25, -0.2) is 4.39 Å². The highest BCUT2D eigenvalue weighted by molar-refractivity contribution is 6.00. The number of nitrogens with two attached hydrogens (primary N) is 1. The minimum absolute atomic E-state index is 0.0465. The van der Waals surface area contributed by atoms with Crippen LogP contribution in [0.1, 0.15) is 25.7 Å². The van der Waals surface area contributed by atoms with E-state index >= 15 is 0 Å². The maximum Gasteiger partial charge on any atom is 0.236 e. The SMILES string of the molecule is NC1CCCC2(C1)C(=O)N(c1cccc(F)c1)CC2O. The Morgan fingerprint density at radius 3 is 2.95 bits per heavy atom. The molecule has 3 atom stereocenters. The van der Waals surface area contributed by atoms with Crippen molar-refractivity contribution in [1.82, 2.24) is 0 Å². The Labute approximate surface area is 117 Å². The largest absolute Gasteiger partial charge is 0.390 e. The number of β-amino-alcohol motifs (C(OH)–C–C–N with tert-alkyl or cyclic N) is 1. The third-order valence-electron chi connectivity index (χ3n) is 4.61. The third-order valence-corrected chi connectivity index (χ3v) is 4.61. The van der Waals surface area contributed by atoms with Crippen LogP contribution in [0.15, 0.2) is 24.3 Å². The average molecular weight is 278 g/mol. The molecule has 1 spiro atoms. The summed E-state index contributed by atoms with van der Waals surface area (Å²) in [5.41, 5.74) is 5.71. The van der Waals surface area contributed by atoms with Crippen LogP contribution in [0.5, 0.6) is 0 Å². The van der Waals surface area contributed by atoms with Crippen LogP contribution < -0.4 is 10.6 Å². The van der Waals surface area contributed by atoms with Crippen molar-refractivity contribution in [3.63, 3.8) is 0 Å². The molecule has 1 aliphatic carbocycles. The summed E-state index contributed by atoms with van der Waals surface area (Å²) in [4.78, 5) is 14.2. The first-order chi connectivity index (χ1) is 9.53. The monoisotopic (exact) mass is 278 g/mol. The predicted molar refractivity (Wildman–Crippen MR) is 73.6 cm³/mol. The zero-order valence-electron chi connectivity index (χ0n) is 11.3. The Morgan fingerprint density at radius 1 is 1.45 bits per heavy atom. The van der Waals surface area contributed by atoms with Crippen molar-refractivity contribution in [2.75, 3.05) is 11.4 Å². The van der Waals surface area contributed by atoms with Crippen LogP contribution in [0.2, 0.25) is 0 Å². The molecule has 3 N–H and O–H groups in total.